The maximum absolute atomic E-state index is 12.1. The van der Waals surface area contributed by atoms with Gasteiger partial charge in [0.15, 0.2) is 0 Å². The fraction of sp³-hybridized carbons (Fsp3) is 0.429. The van der Waals surface area contributed by atoms with E-state index in [2.05, 4.69) is 22.0 Å². The molecular weight excluding hydrogens is 242 g/mol. The molecule has 1 fully saturated rings. The van der Waals surface area contributed by atoms with Crippen LogP contribution in [0.3, 0.4) is 0 Å². The molecule has 2 amide bonds. The molecular formula is C14H17N3O2. The lowest BCUT2D eigenvalue weighted by atomic mass is 9.99. The summed E-state index contributed by atoms with van der Waals surface area (Å²) in [6, 6.07) is 5.58. The Bertz CT molecular complexity index is 527. The summed E-state index contributed by atoms with van der Waals surface area (Å²) in [5.74, 6) is -0.155. The third-order valence-corrected chi connectivity index (χ3v) is 3.71. The second-order valence-electron chi connectivity index (χ2n) is 5.02. The average molecular weight is 259 g/mol. The van der Waals surface area contributed by atoms with Gasteiger partial charge in [0.1, 0.15) is 6.04 Å². The molecule has 2 heterocycles. The van der Waals surface area contributed by atoms with E-state index in [4.69, 9.17) is 0 Å². The maximum Gasteiger partial charge on any atom is 0.246 e. The van der Waals surface area contributed by atoms with E-state index in [0.717, 1.165) is 25.2 Å². The lowest BCUT2D eigenvalue weighted by Gasteiger charge is -2.21. The Balaban J connectivity index is 1.76. The highest BCUT2D eigenvalue weighted by Crippen LogP contribution is 2.23. The first-order valence-electron chi connectivity index (χ1n) is 6.66. The zero-order valence-corrected chi connectivity index (χ0v) is 10.7. The van der Waals surface area contributed by atoms with Crippen molar-refractivity contribution in [3.8, 4) is 0 Å². The van der Waals surface area contributed by atoms with Crippen molar-refractivity contribution in [2.24, 2.45) is 0 Å². The van der Waals surface area contributed by atoms with E-state index in [-0.39, 0.29) is 17.9 Å². The zero-order valence-electron chi connectivity index (χ0n) is 10.7. The van der Waals surface area contributed by atoms with Crippen LogP contribution in [0.2, 0.25) is 0 Å². The molecule has 1 aromatic carbocycles. The monoisotopic (exact) mass is 259 g/mol. The van der Waals surface area contributed by atoms with Crippen molar-refractivity contribution in [3.05, 3.63) is 29.3 Å². The molecule has 19 heavy (non-hydrogen) atoms. The van der Waals surface area contributed by atoms with Crippen LogP contribution in [0.25, 0.3) is 0 Å². The number of nitrogens with one attached hydrogen (secondary N) is 3. The molecule has 1 aromatic rings. The molecule has 3 N–H and O–H groups in total. The lowest BCUT2D eigenvalue weighted by molar-refractivity contribution is -0.122. The van der Waals surface area contributed by atoms with Crippen molar-refractivity contribution in [1.82, 2.24) is 10.6 Å². The Morgan fingerprint density at radius 3 is 3.00 bits per heavy atom. The Kier molecular flexibility index (Phi) is 3.21. The Labute approximate surface area is 111 Å². The third kappa shape index (κ3) is 2.46. The number of anilines is 1. The molecule has 5 nitrogen and oxygen atoms in total. The normalized spacial score (nSPS) is 21.7. The summed E-state index contributed by atoms with van der Waals surface area (Å²) >= 11 is 0. The van der Waals surface area contributed by atoms with Gasteiger partial charge in [-0.2, -0.15) is 0 Å². The summed E-state index contributed by atoms with van der Waals surface area (Å²) in [6.45, 7) is 1.78. The predicted molar refractivity (Wildman–Crippen MR) is 71.6 cm³/mol. The second-order valence-corrected chi connectivity index (χ2v) is 5.02. The molecule has 1 unspecified atom stereocenters. The van der Waals surface area contributed by atoms with Crippen LogP contribution >= 0.6 is 0 Å². The van der Waals surface area contributed by atoms with Gasteiger partial charge in [0.25, 0.3) is 0 Å². The van der Waals surface area contributed by atoms with Crippen LogP contribution in [0.15, 0.2) is 18.2 Å². The molecule has 1 saturated heterocycles. The van der Waals surface area contributed by atoms with Crippen LogP contribution in [-0.2, 0) is 22.6 Å². The van der Waals surface area contributed by atoms with Crippen molar-refractivity contribution < 1.29 is 9.59 Å². The molecule has 0 aromatic heterocycles. The summed E-state index contributed by atoms with van der Waals surface area (Å²) in [6.07, 6.45) is 1.94. The smallest absolute Gasteiger partial charge is 0.246 e. The largest absolute Gasteiger partial charge is 0.344 e. The SMILES string of the molecule is O=C1CCC(C(=O)Nc2cccc3c2CCNC3)N1. The highest BCUT2D eigenvalue weighted by Gasteiger charge is 2.27. The molecule has 0 saturated carbocycles. The second kappa shape index (κ2) is 5.01. The van der Waals surface area contributed by atoms with Crippen molar-refractivity contribution >= 4 is 17.5 Å². The Hall–Kier alpha value is -1.88. The summed E-state index contributed by atoms with van der Waals surface area (Å²) in [7, 11) is 0. The van der Waals surface area contributed by atoms with Crippen molar-refractivity contribution in [1.29, 1.82) is 0 Å². The highest BCUT2D eigenvalue weighted by molar-refractivity contribution is 5.99. The molecule has 2 aliphatic rings. The van der Waals surface area contributed by atoms with Gasteiger partial charge in [-0.15, -0.1) is 0 Å². The maximum atomic E-state index is 12.1. The quantitative estimate of drug-likeness (QED) is 0.726. The highest BCUT2D eigenvalue weighted by atomic mass is 16.2. The predicted octanol–water partition coefficient (Wildman–Crippen LogP) is 0.549. The van der Waals surface area contributed by atoms with Gasteiger partial charge in [-0.3, -0.25) is 9.59 Å². The van der Waals surface area contributed by atoms with Crippen LogP contribution in [0.4, 0.5) is 5.69 Å². The molecule has 1 atom stereocenters. The van der Waals surface area contributed by atoms with Crippen LogP contribution in [0, 0.1) is 0 Å². The number of benzene rings is 1. The van der Waals surface area contributed by atoms with Gasteiger partial charge in [0.05, 0.1) is 0 Å². The molecule has 5 heteroatoms. The third-order valence-electron chi connectivity index (χ3n) is 3.71. The summed E-state index contributed by atoms with van der Waals surface area (Å²) < 4.78 is 0. The van der Waals surface area contributed by atoms with Crippen molar-refractivity contribution in [3.63, 3.8) is 0 Å². The summed E-state index contributed by atoms with van der Waals surface area (Å²) in [5.41, 5.74) is 3.32. The average Bonchev–Trinajstić information content (AvgIpc) is 2.86. The van der Waals surface area contributed by atoms with Gasteiger partial charge >= 0.3 is 0 Å². The standard InChI is InChI=1S/C14H17N3O2/c18-13-5-4-12(16-13)14(19)17-11-3-1-2-9-8-15-7-6-10(9)11/h1-3,12,15H,4-8H2,(H,16,18)(H,17,19). The van der Waals surface area contributed by atoms with Crippen molar-refractivity contribution in [2.75, 3.05) is 11.9 Å². The van der Waals surface area contributed by atoms with E-state index in [0.29, 0.717) is 12.8 Å². The number of fused-ring (bicyclic) bond motifs is 1. The number of amides is 2. The van der Waals surface area contributed by atoms with E-state index in [1.54, 1.807) is 0 Å². The zero-order chi connectivity index (χ0) is 13.2. The van der Waals surface area contributed by atoms with Gasteiger partial charge in [0.2, 0.25) is 11.8 Å². The van der Waals surface area contributed by atoms with Gasteiger partial charge in [-0.05, 0) is 36.6 Å². The Morgan fingerprint density at radius 2 is 2.21 bits per heavy atom. The van der Waals surface area contributed by atoms with E-state index in [1.165, 1.54) is 11.1 Å². The number of carbonyl (C=O) groups is 2. The molecule has 0 spiro atoms. The summed E-state index contributed by atoms with van der Waals surface area (Å²) in [5, 5.41) is 8.95. The molecule has 0 radical (unpaired) electrons. The minimum atomic E-state index is -0.384. The number of hydrogen-bond donors (Lipinski definition) is 3. The Morgan fingerprint density at radius 1 is 1.32 bits per heavy atom. The fourth-order valence-electron chi connectivity index (χ4n) is 2.68. The number of hydrogen-bond acceptors (Lipinski definition) is 3. The lowest BCUT2D eigenvalue weighted by Crippen LogP contribution is -2.37. The van der Waals surface area contributed by atoms with Crippen LogP contribution in [0.5, 0.6) is 0 Å². The van der Waals surface area contributed by atoms with Crippen LogP contribution in [-0.4, -0.2) is 24.4 Å². The molecule has 3 rings (SSSR count). The molecule has 0 bridgehead atoms. The first kappa shape index (κ1) is 12.2. The van der Waals surface area contributed by atoms with E-state index in [1.807, 2.05) is 12.1 Å². The summed E-state index contributed by atoms with van der Waals surface area (Å²) in [4.78, 5) is 23.2. The van der Waals surface area contributed by atoms with E-state index in [9.17, 15) is 9.59 Å². The van der Waals surface area contributed by atoms with Crippen molar-refractivity contribution in [2.45, 2.75) is 31.8 Å². The van der Waals surface area contributed by atoms with Crippen LogP contribution in [0.1, 0.15) is 24.0 Å². The fourth-order valence-corrected chi connectivity index (χ4v) is 2.68. The van der Waals surface area contributed by atoms with E-state index >= 15 is 0 Å². The minimum Gasteiger partial charge on any atom is -0.344 e. The van der Waals surface area contributed by atoms with Gasteiger partial charge < -0.3 is 16.0 Å². The van der Waals surface area contributed by atoms with Gasteiger partial charge in [0, 0.05) is 18.7 Å². The van der Waals surface area contributed by atoms with Gasteiger partial charge in [-0.25, -0.2) is 0 Å². The van der Waals surface area contributed by atoms with E-state index < -0.39 is 0 Å². The molecule has 0 aliphatic carbocycles. The number of rotatable bonds is 2. The molecule has 2 aliphatic heterocycles. The minimum absolute atomic E-state index is 0.0422. The number of carbonyl (C=O) groups excluding carboxylic acids is 2. The first-order valence-corrected chi connectivity index (χ1v) is 6.66. The molecule has 100 valence electrons. The first-order chi connectivity index (χ1) is 9.24. The topological polar surface area (TPSA) is 70.2 Å². The van der Waals surface area contributed by atoms with Crippen LogP contribution < -0.4 is 16.0 Å². The van der Waals surface area contributed by atoms with Gasteiger partial charge in [-0.1, -0.05) is 12.1 Å².